The Morgan fingerprint density at radius 2 is 2.07 bits per heavy atom. The van der Waals surface area contributed by atoms with Crippen molar-refractivity contribution in [2.45, 2.75) is 39.7 Å². The normalized spacial score (nSPS) is 12.9. The number of hydrogen-bond donors (Lipinski definition) is 2. The number of aromatic hydroxyl groups is 1. The van der Waals surface area contributed by atoms with Gasteiger partial charge < -0.3 is 10.8 Å². The lowest BCUT2D eigenvalue weighted by Crippen LogP contribution is -2.12. The van der Waals surface area contributed by atoms with Crippen molar-refractivity contribution >= 4 is 15.9 Å². The molecule has 0 radical (unpaired) electrons. The third kappa shape index (κ3) is 2.52. The molecule has 1 aromatic rings. The fourth-order valence-corrected chi connectivity index (χ4v) is 2.20. The Kier molecular flexibility index (Phi) is 4.17. The Bertz CT molecular complexity index is 363. The van der Waals surface area contributed by atoms with E-state index in [4.69, 9.17) is 5.73 Å². The summed E-state index contributed by atoms with van der Waals surface area (Å²) in [5.74, 6) is 0.314. The first-order valence-corrected chi connectivity index (χ1v) is 6.02. The van der Waals surface area contributed by atoms with Gasteiger partial charge >= 0.3 is 0 Å². The van der Waals surface area contributed by atoms with E-state index in [2.05, 4.69) is 22.9 Å². The molecule has 0 spiro atoms. The fraction of sp³-hybridized carbons (Fsp3) is 0.500. The molecule has 0 aliphatic rings. The Morgan fingerprint density at radius 1 is 1.47 bits per heavy atom. The Labute approximate surface area is 99.6 Å². The molecule has 84 valence electrons. The van der Waals surface area contributed by atoms with Gasteiger partial charge in [-0.25, -0.2) is 0 Å². The highest BCUT2D eigenvalue weighted by Crippen LogP contribution is 2.35. The maximum atomic E-state index is 9.89. The van der Waals surface area contributed by atoms with Crippen molar-refractivity contribution in [2.75, 3.05) is 0 Å². The zero-order chi connectivity index (χ0) is 11.6. The van der Waals surface area contributed by atoms with Crippen LogP contribution in [0.2, 0.25) is 0 Å². The van der Waals surface area contributed by atoms with Crippen molar-refractivity contribution in [1.82, 2.24) is 0 Å². The van der Waals surface area contributed by atoms with E-state index < -0.39 is 0 Å². The molecular weight excluding hydrogens is 254 g/mol. The summed E-state index contributed by atoms with van der Waals surface area (Å²) in [6, 6.07) is 1.69. The molecule has 1 rings (SSSR count). The van der Waals surface area contributed by atoms with E-state index in [1.54, 1.807) is 6.07 Å². The van der Waals surface area contributed by atoms with Gasteiger partial charge in [-0.1, -0.05) is 29.3 Å². The first kappa shape index (κ1) is 12.5. The summed E-state index contributed by atoms with van der Waals surface area (Å²) >= 11 is 3.52. The van der Waals surface area contributed by atoms with Gasteiger partial charge in [0.1, 0.15) is 5.75 Å². The number of halogens is 1. The second kappa shape index (κ2) is 4.99. The first-order chi connectivity index (χ1) is 6.99. The van der Waals surface area contributed by atoms with E-state index in [9.17, 15) is 5.11 Å². The number of benzene rings is 1. The van der Waals surface area contributed by atoms with Gasteiger partial charge in [0.15, 0.2) is 0 Å². The predicted molar refractivity (Wildman–Crippen MR) is 67.1 cm³/mol. The molecule has 0 saturated carbocycles. The topological polar surface area (TPSA) is 46.2 Å². The number of aryl methyl sites for hydroxylation is 1. The molecule has 0 amide bonds. The second-order valence-corrected chi connectivity index (χ2v) is 4.75. The zero-order valence-electron chi connectivity index (χ0n) is 9.47. The summed E-state index contributed by atoms with van der Waals surface area (Å²) in [5, 5.41) is 9.89. The van der Waals surface area contributed by atoms with Gasteiger partial charge in [-0.3, -0.25) is 0 Å². The summed E-state index contributed by atoms with van der Waals surface area (Å²) < 4.78 is 1.04. The molecular formula is C12H18BrNO. The summed E-state index contributed by atoms with van der Waals surface area (Å²) in [5.41, 5.74) is 9.00. The highest BCUT2D eigenvalue weighted by Gasteiger charge is 2.16. The van der Waals surface area contributed by atoms with Crippen LogP contribution in [0.5, 0.6) is 5.75 Å². The molecule has 3 N–H and O–H groups in total. The molecule has 0 bridgehead atoms. The minimum absolute atomic E-state index is 0.0769. The molecule has 15 heavy (non-hydrogen) atoms. The number of hydrogen-bond acceptors (Lipinski definition) is 2. The fourth-order valence-electron chi connectivity index (χ4n) is 1.88. The van der Waals surface area contributed by atoms with Crippen molar-refractivity contribution in [3.8, 4) is 5.75 Å². The Hall–Kier alpha value is -0.540. The van der Waals surface area contributed by atoms with Crippen LogP contribution in [0.25, 0.3) is 0 Å². The number of rotatable bonds is 3. The average Bonchev–Trinajstić information content (AvgIpc) is 2.15. The second-order valence-electron chi connectivity index (χ2n) is 3.96. The predicted octanol–water partition coefficient (Wildman–Crippen LogP) is 3.57. The van der Waals surface area contributed by atoms with Crippen LogP contribution in [-0.2, 0) is 0 Å². The lowest BCUT2D eigenvalue weighted by atomic mass is 9.96. The maximum Gasteiger partial charge on any atom is 0.120 e. The maximum absolute atomic E-state index is 9.89. The van der Waals surface area contributed by atoms with Crippen LogP contribution in [0.1, 0.15) is 42.5 Å². The molecule has 0 aromatic heterocycles. The van der Waals surface area contributed by atoms with E-state index in [1.807, 2.05) is 13.8 Å². The monoisotopic (exact) mass is 271 g/mol. The standard InChI is InChI=1S/C12H18BrNO/c1-4-5-9(14)11-8(3)12(13)7(2)6-10(11)15/h6,9,15H,4-5,14H2,1-3H3. The van der Waals surface area contributed by atoms with Gasteiger partial charge in [0.2, 0.25) is 0 Å². The van der Waals surface area contributed by atoms with Gasteiger partial charge in [-0.15, -0.1) is 0 Å². The van der Waals surface area contributed by atoms with Gasteiger partial charge in [-0.2, -0.15) is 0 Å². The van der Waals surface area contributed by atoms with Crippen LogP contribution >= 0.6 is 15.9 Å². The lowest BCUT2D eigenvalue weighted by molar-refractivity contribution is 0.456. The minimum atomic E-state index is -0.0769. The van der Waals surface area contributed by atoms with Gasteiger partial charge in [-0.05, 0) is 37.5 Å². The van der Waals surface area contributed by atoms with Crippen LogP contribution in [0.3, 0.4) is 0 Å². The summed E-state index contributed by atoms with van der Waals surface area (Å²) in [7, 11) is 0. The van der Waals surface area contributed by atoms with Crippen LogP contribution in [0.15, 0.2) is 10.5 Å². The highest BCUT2D eigenvalue weighted by atomic mass is 79.9. The van der Waals surface area contributed by atoms with Gasteiger partial charge in [0.25, 0.3) is 0 Å². The third-order valence-corrected chi connectivity index (χ3v) is 3.90. The molecule has 0 saturated heterocycles. The number of phenolic OH excluding ortho intramolecular Hbond substituents is 1. The highest BCUT2D eigenvalue weighted by molar-refractivity contribution is 9.10. The van der Waals surface area contributed by atoms with E-state index in [0.717, 1.165) is 34.0 Å². The summed E-state index contributed by atoms with van der Waals surface area (Å²) in [4.78, 5) is 0. The Morgan fingerprint density at radius 3 is 2.60 bits per heavy atom. The van der Waals surface area contributed by atoms with Crippen molar-refractivity contribution in [2.24, 2.45) is 5.73 Å². The Balaban J connectivity index is 3.23. The molecule has 0 aliphatic heterocycles. The average molecular weight is 272 g/mol. The van der Waals surface area contributed by atoms with Crippen LogP contribution in [-0.4, -0.2) is 5.11 Å². The molecule has 1 unspecified atom stereocenters. The van der Waals surface area contributed by atoms with Gasteiger partial charge in [0.05, 0.1) is 0 Å². The first-order valence-electron chi connectivity index (χ1n) is 5.23. The molecule has 1 atom stereocenters. The molecule has 0 aliphatic carbocycles. The lowest BCUT2D eigenvalue weighted by Gasteiger charge is -2.18. The number of phenols is 1. The number of nitrogens with two attached hydrogens (primary N) is 1. The van der Waals surface area contributed by atoms with Crippen molar-refractivity contribution in [3.05, 3.63) is 27.2 Å². The van der Waals surface area contributed by atoms with Crippen LogP contribution in [0, 0.1) is 13.8 Å². The summed E-state index contributed by atoms with van der Waals surface area (Å²) in [6.07, 6.45) is 1.91. The molecule has 0 fully saturated rings. The van der Waals surface area contributed by atoms with E-state index >= 15 is 0 Å². The van der Waals surface area contributed by atoms with E-state index in [0.29, 0.717) is 5.75 Å². The molecule has 2 nitrogen and oxygen atoms in total. The molecule has 3 heteroatoms. The minimum Gasteiger partial charge on any atom is -0.508 e. The van der Waals surface area contributed by atoms with Gasteiger partial charge in [0, 0.05) is 16.1 Å². The SMILES string of the molecule is CCCC(N)c1c(O)cc(C)c(Br)c1C. The largest absolute Gasteiger partial charge is 0.508 e. The summed E-state index contributed by atoms with van der Waals surface area (Å²) in [6.45, 7) is 6.04. The smallest absolute Gasteiger partial charge is 0.120 e. The van der Waals surface area contributed by atoms with Crippen molar-refractivity contribution in [1.29, 1.82) is 0 Å². The van der Waals surface area contributed by atoms with Crippen LogP contribution in [0.4, 0.5) is 0 Å². The quantitative estimate of drug-likeness (QED) is 0.883. The van der Waals surface area contributed by atoms with Crippen molar-refractivity contribution in [3.63, 3.8) is 0 Å². The molecule has 0 heterocycles. The van der Waals surface area contributed by atoms with E-state index in [1.165, 1.54) is 0 Å². The van der Waals surface area contributed by atoms with Crippen molar-refractivity contribution < 1.29 is 5.11 Å². The van der Waals surface area contributed by atoms with E-state index in [-0.39, 0.29) is 6.04 Å². The zero-order valence-corrected chi connectivity index (χ0v) is 11.1. The van der Waals surface area contributed by atoms with Crippen LogP contribution < -0.4 is 5.73 Å². The molecule has 1 aromatic carbocycles. The third-order valence-electron chi connectivity index (χ3n) is 2.68.